The Labute approximate surface area is 138 Å². The lowest BCUT2D eigenvalue weighted by Gasteiger charge is -2.28. The van der Waals surface area contributed by atoms with Crippen LogP contribution >= 0.6 is 0 Å². The molecule has 1 saturated heterocycles. The summed E-state index contributed by atoms with van der Waals surface area (Å²) in [5, 5.41) is 0. The molecule has 1 heterocycles. The molecule has 0 atom stereocenters. The van der Waals surface area contributed by atoms with Crippen LogP contribution in [0, 0.1) is 0 Å². The molecule has 0 saturated carbocycles. The number of hydrogen-bond acceptors (Lipinski definition) is 4. The quantitative estimate of drug-likeness (QED) is 0.751. The second-order valence-corrected chi connectivity index (χ2v) is 5.77. The fourth-order valence-corrected chi connectivity index (χ4v) is 2.47. The summed E-state index contributed by atoms with van der Waals surface area (Å²) in [5.41, 5.74) is 1.94. The molecule has 23 heavy (non-hydrogen) atoms. The van der Waals surface area contributed by atoms with Crippen molar-refractivity contribution in [2.75, 3.05) is 53.6 Å². The standard InChI is InChI=1S/C18H26N2O3/c1-15(16-5-4-6-17(14-16)22-3)13-18(21)19(2)7-8-20-9-11-23-12-10-20/h4-6,13-14H,7-12H2,1-3H3. The SMILES string of the molecule is COc1cccc(C(C)=CC(=O)N(C)CCN2CCOCC2)c1. The summed E-state index contributed by atoms with van der Waals surface area (Å²) in [5.74, 6) is 0.821. The van der Waals surface area contributed by atoms with Crippen LogP contribution in [0.5, 0.6) is 5.75 Å². The van der Waals surface area contributed by atoms with Crippen LogP contribution in [0.1, 0.15) is 12.5 Å². The first-order valence-corrected chi connectivity index (χ1v) is 7.98. The van der Waals surface area contributed by atoms with Crippen LogP contribution in [0.2, 0.25) is 0 Å². The van der Waals surface area contributed by atoms with Gasteiger partial charge < -0.3 is 14.4 Å². The van der Waals surface area contributed by atoms with Crippen LogP contribution in [-0.4, -0.2) is 69.3 Å². The van der Waals surface area contributed by atoms with Crippen LogP contribution in [0.25, 0.3) is 5.57 Å². The van der Waals surface area contributed by atoms with Gasteiger partial charge in [0.2, 0.25) is 5.91 Å². The van der Waals surface area contributed by atoms with Gasteiger partial charge in [0.05, 0.1) is 20.3 Å². The smallest absolute Gasteiger partial charge is 0.246 e. The number of ether oxygens (including phenoxy) is 2. The molecule has 1 fully saturated rings. The maximum Gasteiger partial charge on any atom is 0.246 e. The molecule has 0 aromatic heterocycles. The Hall–Kier alpha value is -1.85. The van der Waals surface area contributed by atoms with Gasteiger partial charge >= 0.3 is 0 Å². The van der Waals surface area contributed by atoms with Gasteiger partial charge in [0.15, 0.2) is 0 Å². The highest BCUT2D eigenvalue weighted by Crippen LogP contribution is 2.19. The first kappa shape index (κ1) is 17.5. The van der Waals surface area contributed by atoms with E-state index in [2.05, 4.69) is 4.90 Å². The number of nitrogens with zero attached hydrogens (tertiary/aromatic N) is 2. The van der Waals surface area contributed by atoms with Gasteiger partial charge in [-0.2, -0.15) is 0 Å². The Morgan fingerprint density at radius 2 is 2.13 bits per heavy atom. The minimum Gasteiger partial charge on any atom is -0.497 e. The molecular formula is C18H26N2O3. The zero-order chi connectivity index (χ0) is 16.7. The summed E-state index contributed by atoms with van der Waals surface area (Å²) in [6, 6.07) is 7.74. The second kappa shape index (κ2) is 8.70. The molecule has 0 aliphatic carbocycles. The summed E-state index contributed by atoms with van der Waals surface area (Å²) >= 11 is 0. The molecule has 1 aromatic rings. The minimum absolute atomic E-state index is 0.0265. The molecule has 5 heteroatoms. The van der Waals surface area contributed by atoms with Crippen molar-refractivity contribution in [3.63, 3.8) is 0 Å². The van der Waals surface area contributed by atoms with E-state index in [1.165, 1.54) is 0 Å². The van der Waals surface area contributed by atoms with Gasteiger partial charge in [-0.25, -0.2) is 0 Å². The number of rotatable bonds is 6. The Morgan fingerprint density at radius 1 is 1.39 bits per heavy atom. The molecular weight excluding hydrogens is 292 g/mol. The topological polar surface area (TPSA) is 42.0 Å². The molecule has 0 unspecified atom stereocenters. The summed E-state index contributed by atoms with van der Waals surface area (Å²) < 4.78 is 10.6. The molecule has 5 nitrogen and oxygen atoms in total. The number of hydrogen-bond donors (Lipinski definition) is 0. The van der Waals surface area contributed by atoms with E-state index in [9.17, 15) is 4.79 Å². The van der Waals surface area contributed by atoms with Crippen LogP contribution in [0.3, 0.4) is 0 Å². The Morgan fingerprint density at radius 3 is 2.83 bits per heavy atom. The van der Waals surface area contributed by atoms with Crippen molar-refractivity contribution in [1.29, 1.82) is 0 Å². The predicted molar refractivity (Wildman–Crippen MR) is 91.5 cm³/mol. The van der Waals surface area contributed by atoms with Crippen LogP contribution in [0.15, 0.2) is 30.3 Å². The number of methoxy groups -OCH3 is 1. The largest absolute Gasteiger partial charge is 0.497 e. The third-order valence-electron chi connectivity index (χ3n) is 4.10. The van der Waals surface area contributed by atoms with E-state index in [1.807, 2.05) is 38.2 Å². The van der Waals surface area contributed by atoms with E-state index in [4.69, 9.17) is 9.47 Å². The van der Waals surface area contributed by atoms with Crippen molar-refractivity contribution < 1.29 is 14.3 Å². The minimum atomic E-state index is 0.0265. The molecule has 1 aromatic carbocycles. The molecule has 1 aliphatic heterocycles. The molecule has 1 aliphatic rings. The highest BCUT2D eigenvalue weighted by Gasteiger charge is 2.13. The third-order valence-corrected chi connectivity index (χ3v) is 4.10. The van der Waals surface area contributed by atoms with Gasteiger partial charge in [-0.05, 0) is 30.2 Å². The first-order chi connectivity index (χ1) is 11.1. The van der Waals surface area contributed by atoms with Crippen molar-refractivity contribution in [1.82, 2.24) is 9.80 Å². The van der Waals surface area contributed by atoms with E-state index in [0.29, 0.717) is 0 Å². The van der Waals surface area contributed by atoms with Crippen molar-refractivity contribution in [3.8, 4) is 5.75 Å². The summed E-state index contributed by atoms with van der Waals surface area (Å²) in [7, 11) is 3.49. The first-order valence-electron chi connectivity index (χ1n) is 7.98. The molecule has 0 N–H and O–H groups in total. The van der Waals surface area contributed by atoms with E-state index in [0.717, 1.165) is 56.3 Å². The van der Waals surface area contributed by atoms with Crippen molar-refractivity contribution in [2.45, 2.75) is 6.92 Å². The normalized spacial score (nSPS) is 16.2. The molecule has 1 amide bonds. The van der Waals surface area contributed by atoms with Crippen molar-refractivity contribution in [3.05, 3.63) is 35.9 Å². The van der Waals surface area contributed by atoms with Gasteiger partial charge in [-0.15, -0.1) is 0 Å². The third kappa shape index (κ3) is 5.37. The van der Waals surface area contributed by atoms with Gasteiger partial charge in [-0.3, -0.25) is 9.69 Å². The zero-order valence-corrected chi connectivity index (χ0v) is 14.2. The second-order valence-electron chi connectivity index (χ2n) is 5.77. The number of benzene rings is 1. The summed E-state index contributed by atoms with van der Waals surface area (Å²) in [6.07, 6.45) is 1.69. The lowest BCUT2D eigenvalue weighted by Crippen LogP contribution is -2.41. The van der Waals surface area contributed by atoms with Gasteiger partial charge in [0.1, 0.15) is 5.75 Å². The van der Waals surface area contributed by atoms with Crippen LogP contribution in [-0.2, 0) is 9.53 Å². The maximum atomic E-state index is 12.3. The van der Waals surface area contributed by atoms with E-state index < -0.39 is 0 Å². The van der Waals surface area contributed by atoms with Gasteiger partial charge in [0, 0.05) is 39.3 Å². The summed E-state index contributed by atoms with van der Waals surface area (Å²) in [4.78, 5) is 16.4. The highest BCUT2D eigenvalue weighted by atomic mass is 16.5. The van der Waals surface area contributed by atoms with Crippen LogP contribution < -0.4 is 4.74 Å². The molecule has 0 spiro atoms. The van der Waals surface area contributed by atoms with E-state index in [-0.39, 0.29) is 5.91 Å². The van der Waals surface area contributed by atoms with Crippen molar-refractivity contribution >= 4 is 11.5 Å². The highest BCUT2D eigenvalue weighted by molar-refractivity contribution is 5.94. The number of carbonyl (C=O) groups is 1. The monoisotopic (exact) mass is 318 g/mol. The zero-order valence-electron chi connectivity index (χ0n) is 14.2. The average Bonchev–Trinajstić information content (AvgIpc) is 2.60. The fraction of sp³-hybridized carbons (Fsp3) is 0.500. The lowest BCUT2D eigenvalue weighted by atomic mass is 10.1. The van der Waals surface area contributed by atoms with E-state index in [1.54, 1.807) is 18.1 Å². The average molecular weight is 318 g/mol. The van der Waals surface area contributed by atoms with Gasteiger partial charge in [-0.1, -0.05) is 12.1 Å². The number of carbonyl (C=O) groups excluding carboxylic acids is 1. The molecule has 0 bridgehead atoms. The molecule has 0 radical (unpaired) electrons. The van der Waals surface area contributed by atoms with Gasteiger partial charge in [0.25, 0.3) is 0 Å². The Balaban J connectivity index is 1.90. The number of morpholine rings is 1. The fourth-order valence-electron chi connectivity index (χ4n) is 2.47. The Bertz CT molecular complexity index is 551. The maximum absolute atomic E-state index is 12.3. The predicted octanol–water partition coefficient (Wildman–Crippen LogP) is 1.89. The number of likely N-dealkylation sites (N-methyl/N-ethyl adjacent to an activating group) is 1. The van der Waals surface area contributed by atoms with E-state index >= 15 is 0 Å². The number of allylic oxidation sites excluding steroid dienone is 1. The summed E-state index contributed by atoms with van der Waals surface area (Å²) in [6.45, 7) is 7.02. The van der Waals surface area contributed by atoms with Crippen molar-refractivity contribution in [2.24, 2.45) is 0 Å². The Kier molecular flexibility index (Phi) is 6.62. The molecule has 2 rings (SSSR count). The van der Waals surface area contributed by atoms with Crippen LogP contribution in [0.4, 0.5) is 0 Å². The lowest BCUT2D eigenvalue weighted by molar-refractivity contribution is -0.125. The molecule has 126 valence electrons. The number of amides is 1.